The van der Waals surface area contributed by atoms with E-state index in [0.29, 0.717) is 26.1 Å². The zero-order valence-electron chi connectivity index (χ0n) is 14.6. The normalized spacial score (nSPS) is 13.7. The molecule has 0 fully saturated rings. The van der Waals surface area contributed by atoms with Crippen molar-refractivity contribution in [2.45, 2.75) is 32.9 Å². The molecule has 1 unspecified atom stereocenters. The highest BCUT2D eigenvalue weighted by molar-refractivity contribution is 5.84. The molecule has 4 rings (SSSR count). The Bertz CT molecular complexity index is 889. The van der Waals surface area contributed by atoms with Crippen molar-refractivity contribution in [2.24, 2.45) is 5.73 Å². The number of aromatic amines is 1. The Morgan fingerprint density at radius 1 is 1.07 bits per heavy atom. The maximum atomic E-state index is 13.2. The Balaban J connectivity index is 0.00000210. The molecule has 27 heavy (non-hydrogen) atoms. The minimum atomic E-state index is -0.196. The molecule has 1 aromatic heterocycles. The van der Waals surface area contributed by atoms with E-state index in [2.05, 4.69) is 10.2 Å². The number of aromatic nitrogens is 2. The summed E-state index contributed by atoms with van der Waals surface area (Å²) in [6, 6.07) is 20.0. The molecular weight excluding hydrogens is 336 g/mol. The summed E-state index contributed by atoms with van der Waals surface area (Å²) in [5.74, 6) is -0.0661. The number of rotatable bonds is 5. The largest absolute Gasteiger partial charge is 0.332 e. The molecule has 2 heterocycles. The minimum Gasteiger partial charge on any atom is -0.332 e. The summed E-state index contributed by atoms with van der Waals surface area (Å²) in [4.78, 5) is 15.1. The predicted octanol–water partition coefficient (Wildman–Crippen LogP) is 3.69. The topological polar surface area (TPSA) is 75.0 Å². The molecule has 1 aliphatic rings. The number of H-pyrrole nitrogens is 1. The van der Waals surface area contributed by atoms with Crippen molar-refractivity contribution in [3.8, 4) is 11.3 Å². The molecule has 5 heteroatoms. The van der Waals surface area contributed by atoms with E-state index in [1.165, 1.54) is 0 Å². The number of fused-ring (bicyclic) bond motifs is 1. The third-order valence-electron chi connectivity index (χ3n) is 4.97. The zero-order chi connectivity index (χ0) is 17.9. The number of nitrogens with zero attached hydrogens (tertiary/aromatic N) is 2. The first-order chi connectivity index (χ1) is 12.8. The van der Waals surface area contributed by atoms with Crippen molar-refractivity contribution in [2.75, 3.05) is 6.54 Å². The quantitative estimate of drug-likeness (QED) is 0.727. The van der Waals surface area contributed by atoms with Crippen molar-refractivity contribution >= 4 is 5.91 Å². The molecule has 3 N–H and O–H groups in total. The highest BCUT2D eigenvalue weighted by Gasteiger charge is 2.32. The second kappa shape index (κ2) is 8.18. The molecule has 0 spiro atoms. The molecule has 3 aromatic rings. The summed E-state index contributed by atoms with van der Waals surface area (Å²) >= 11 is 0. The first-order valence-electron chi connectivity index (χ1n) is 8.93. The third-order valence-corrected chi connectivity index (χ3v) is 4.97. The summed E-state index contributed by atoms with van der Waals surface area (Å²) in [5, 5.41) is 7.57. The van der Waals surface area contributed by atoms with Crippen LogP contribution in [-0.2, 0) is 17.9 Å². The van der Waals surface area contributed by atoms with Crippen molar-refractivity contribution in [1.82, 2.24) is 15.1 Å². The van der Waals surface area contributed by atoms with Gasteiger partial charge in [0.2, 0.25) is 5.91 Å². The predicted molar refractivity (Wildman–Crippen MR) is 108 cm³/mol. The van der Waals surface area contributed by atoms with E-state index in [9.17, 15) is 4.79 Å². The van der Waals surface area contributed by atoms with Crippen LogP contribution in [0.15, 0.2) is 60.7 Å². The molecule has 1 amide bonds. The maximum absolute atomic E-state index is 13.2. The van der Waals surface area contributed by atoms with E-state index in [0.717, 1.165) is 28.1 Å². The summed E-state index contributed by atoms with van der Waals surface area (Å²) in [5.41, 5.74) is 11.0. The van der Waals surface area contributed by atoms with Gasteiger partial charge in [0.15, 0.2) is 0 Å². The van der Waals surface area contributed by atoms with Gasteiger partial charge >= 0.3 is 0 Å². The van der Waals surface area contributed by atoms with E-state index >= 15 is 0 Å². The fraction of sp³-hybridized carbons (Fsp3) is 0.273. The van der Waals surface area contributed by atoms with Gasteiger partial charge in [0.25, 0.3) is 0 Å². The lowest BCUT2D eigenvalue weighted by molar-refractivity contribution is -0.133. The summed E-state index contributed by atoms with van der Waals surface area (Å²) < 4.78 is 0. The van der Waals surface area contributed by atoms with E-state index < -0.39 is 0 Å². The number of nitrogens with two attached hydrogens (primary N) is 1. The monoisotopic (exact) mass is 362 g/mol. The number of amides is 1. The molecule has 0 radical (unpaired) electrons. The lowest BCUT2D eigenvalue weighted by atomic mass is 9.94. The summed E-state index contributed by atoms with van der Waals surface area (Å²) in [7, 11) is 0. The van der Waals surface area contributed by atoms with E-state index in [1.807, 2.05) is 65.6 Å². The second-order valence-corrected chi connectivity index (χ2v) is 6.63. The van der Waals surface area contributed by atoms with Crippen molar-refractivity contribution < 1.29 is 4.79 Å². The van der Waals surface area contributed by atoms with Gasteiger partial charge in [-0.3, -0.25) is 9.89 Å². The van der Waals surface area contributed by atoms with Crippen LogP contribution in [0.4, 0.5) is 0 Å². The highest BCUT2D eigenvalue weighted by Crippen LogP contribution is 2.33. The molecule has 0 aliphatic carbocycles. The minimum absolute atomic E-state index is 0. The second-order valence-electron chi connectivity index (χ2n) is 6.63. The van der Waals surface area contributed by atoms with E-state index in [1.54, 1.807) is 0 Å². The Labute approximate surface area is 160 Å². The standard InChI is InChI=1S/C21H22N4O.CH4/c22-12-11-17(15-7-3-1-4-8-15)21(26)25-13-18-19(14-25)23-24-20(18)16-9-5-2-6-10-16;/h1-10,17H,11-14,22H2,(H,23,24);1H4. The zero-order valence-corrected chi connectivity index (χ0v) is 14.6. The van der Waals surface area contributed by atoms with Gasteiger partial charge in [-0.2, -0.15) is 5.10 Å². The number of carbonyl (C=O) groups is 1. The van der Waals surface area contributed by atoms with Crippen LogP contribution in [-0.4, -0.2) is 27.5 Å². The first-order valence-corrected chi connectivity index (χ1v) is 8.93. The van der Waals surface area contributed by atoms with Crippen LogP contribution < -0.4 is 5.73 Å². The Hall–Kier alpha value is -2.92. The smallest absolute Gasteiger partial charge is 0.230 e. The first kappa shape index (κ1) is 18.9. The molecule has 140 valence electrons. The Morgan fingerprint density at radius 2 is 1.74 bits per heavy atom. The van der Waals surface area contributed by atoms with Gasteiger partial charge in [-0.15, -0.1) is 0 Å². The molecule has 5 nitrogen and oxygen atoms in total. The van der Waals surface area contributed by atoms with Crippen LogP contribution in [0, 0.1) is 0 Å². The highest BCUT2D eigenvalue weighted by atomic mass is 16.2. The Morgan fingerprint density at radius 3 is 2.41 bits per heavy atom. The summed E-state index contributed by atoms with van der Waals surface area (Å²) in [6.45, 7) is 1.64. The van der Waals surface area contributed by atoms with Crippen LogP contribution in [0.5, 0.6) is 0 Å². The van der Waals surface area contributed by atoms with Crippen LogP contribution in [0.1, 0.15) is 36.6 Å². The van der Waals surface area contributed by atoms with E-state index in [4.69, 9.17) is 5.73 Å². The average Bonchev–Trinajstić information content (AvgIpc) is 3.28. The van der Waals surface area contributed by atoms with E-state index in [-0.39, 0.29) is 19.3 Å². The van der Waals surface area contributed by atoms with Gasteiger partial charge in [0, 0.05) is 11.1 Å². The van der Waals surface area contributed by atoms with Crippen LogP contribution >= 0.6 is 0 Å². The van der Waals surface area contributed by atoms with Crippen molar-refractivity contribution in [3.63, 3.8) is 0 Å². The maximum Gasteiger partial charge on any atom is 0.230 e. The van der Waals surface area contributed by atoms with Gasteiger partial charge in [-0.25, -0.2) is 0 Å². The number of benzene rings is 2. The van der Waals surface area contributed by atoms with Gasteiger partial charge in [-0.1, -0.05) is 68.1 Å². The SMILES string of the molecule is C.NCCC(C(=O)N1Cc2[nH]nc(-c3ccccc3)c2C1)c1ccccc1. The molecule has 0 bridgehead atoms. The van der Waals surface area contributed by atoms with Crippen LogP contribution in [0.25, 0.3) is 11.3 Å². The molecule has 0 saturated carbocycles. The number of carbonyl (C=O) groups excluding carboxylic acids is 1. The molecule has 1 aliphatic heterocycles. The van der Waals surface area contributed by atoms with Gasteiger partial charge in [0.1, 0.15) is 0 Å². The molecular formula is C22H26N4O. The van der Waals surface area contributed by atoms with Crippen molar-refractivity contribution in [3.05, 3.63) is 77.5 Å². The number of hydrogen-bond acceptors (Lipinski definition) is 3. The number of hydrogen-bond donors (Lipinski definition) is 2. The molecule has 1 atom stereocenters. The average molecular weight is 362 g/mol. The van der Waals surface area contributed by atoms with Gasteiger partial charge < -0.3 is 10.6 Å². The number of nitrogens with one attached hydrogen (secondary N) is 1. The van der Waals surface area contributed by atoms with Gasteiger partial charge in [-0.05, 0) is 18.5 Å². The van der Waals surface area contributed by atoms with Crippen LogP contribution in [0.3, 0.4) is 0 Å². The molecule has 0 saturated heterocycles. The fourth-order valence-electron chi connectivity index (χ4n) is 3.64. The molecule has 2 aromatic carbocycles. The Kier molecular flexibility index (Phi) is 5.72. The van der Waals surface area contributed by atoms with Crippen molar-refractivity contribution in [1.29, 1.82) is 0 Å². The fourth-order valence-corrected chi connectivity index (χ4v) is 3.64. The van der Waals surface area contributed by atoms with Crippen LogP contribution in [0.2, 0.25) is 0 Å². The van der Waals surface area contributed by atoms with Gasteiger partial charge in [0.05, 0.1) is 30.4 Å². The lowest BCUT2D eigenvalue weighted by Gasteiger charge is -2.23. The summed E-state index contributed by atoms with van der Waals surface area (Å²) in [6.07, 6.45) is 0.650. The lowest BCUT2D eigenvalue weighted by Crippen LogP contribution is -2.32. The third kappa shape index (κ3) is 3.64.